The van der Waals surface area contributed by atoms with Gasteiger partial charge in [0.1, 0.15) is 0 Å². The van der Waals surface area contributed by atoms with Crippen LogP contribution in [0.2, 0.25) is 0 Å². The van der Waals surface area contributed by atoms with E-state index >= 15 is 0 Å². The molecular weight excluding hydrogens is 689 g/mol. The van der Waals surface area contributed by atoms with Crippen LogP contribution in [0.25, 0.3) is 77.3 Å². The number of hydrogen-bond acceptors (Lipinski definition) is 2. The van der Waals surface area contributed by atoms with Crippen molar-refractivity contribution in [2.75, 3.05) is 0 Å². The number of fused-ring (bicyclic) bond motifs is 12. The number of hydrogen-bond donors (Lipinski definition) is 0. The smallest absolute Gasteiger partial charge is 0.0858 e. The molecule has 1 aromatic heterocycles. The van der Waals surface area contributed by atoms with Crippen LogP contribution >= 0.6 is 0 Å². The summed E-state index contributed by atoms with van der Waals surface area (Å²) in [6.07, 6.45) is 5.94. The molecule has 12 rings (SSSR count). The largest absolute Gasteiger partial charge is 0.259 e. The number of nitrogens with zero attached hydrogens (tertiary/aromatic N) is 2. The molecule has 2 nitrogen and oxygen atoms in total. The van der Waals surface area contributed by atoms with Gasteiger partial charge in [0.15, 0.2) is 0 Å². The zero-order valence-corrected chi connectivity index (χ0v) is 31.3. The number of aromatic nitrogens is 1. The highest BCUT2D eigenvalue weighted by Crippen LogP contribution is 2.63. The molecule has 266 valence electrons. The molecule has 0 atom stereocenters. The van der Waals surface area contributed by atoms with Gasteiger partial charge in [0, 0.05) is 11.6 Å². The van der Waals surface area contributed by atoms with E-state index in [1.807, 2.05) is 6.20 Å². The van der Waals surface area contributed by atoms with Gasteiger partial charge >= 0.3 is 0 Å². The van der Waals surface area contributed by atoms with Crippen LogP contribution < -0.4 is 0 Å². The molecule has 1 aliphatic heterocycles. The van der Waals surface area contributed by atoms with Crippen LogP contribution in [-0.4, -0.2) is 10.7 Å². The second-order valence-corrected chi connectivity index (χ2v) is 15.6. The summed E-state index contributed by atoms with van der Waals surface area (Å²) in [6, 6.07) is 67.6. The maximum absolute atomic E-state index is 5.00. The third-order valence-corrected chi connectivity index (χ3v) is 12.6. The van der Waals surface area contributed by atoms with Gasteiger partial charge in [0.05, 0.1) is 22.3 Å². The number of benzene rings is 8. The molecule has 1 spiro atoms. The minimum absolute atomic E-state index is 0.342. The Labute approximate surface area is 332 Å². The first-order valence-corrected chi connectivity index (χ1v) is 19.9. The van der Waals surface area contributed by atoms with E-state index < -0.39 is 0 Å². The molecule has 3 aliphatic rings. The van der Waals surface area contributed by atoms with Crippen LogP contribution in [0.3, 0.4) is 0 Å². The lowest BCUT2D eigenvalue weighted by Gasteiger charge is -2.30. The number of pyridine rings is 1. The molecule has 0 saturated heterocycles. The Morgan fingerprint density at radius 1 is 0.404 bits per heavy atom. The Balaban J connectivity index is 0.907. The van der Waals surface area contributed by atoms with E-state index in [2.05, 4.69) is 193 Å². The van der Waals surface area contributed by atoms with Crippen molar-refractivity contribution < 1.29 is 0 Å². The average Bonchev–Trinajstić information content (AvgIpc) is 3.76. The Morgan fingerprint density at radius 3 is 1.58 bits per heavy atom. The standard InChI is InChI=1S/C55H36N2/c1-5-15-48-42(11-1)43-12-2-6-16-49(43)55(48)50-17-7-3-13-44(50)45-29-28-41(33-51(45)55)40-27-26-38-31-37(24-25-39(38)32-40)35-20-22-36(23-21-35)47-34-54(53-19-9-10-30-56-53)57-52-18-8-4-14-46(47)52/h1-8,10-18,20-34H,9,19H2. The Bertz CT molecular complexity index is 3120. The zero-order chi connectivity index (χ0) is 37.5. The highest BCUT2D eigenvalue weighted by atomic mass is 14.8. The molecule has 2 aliphatic carbocycles. The minimum Gasteiger partial charge on any atom is -0.259 e. The first-order valence-electron chi connectivity index (χ1n) is 19.9. The first-order chi connectivity index (χ1) is 28.2. The number of para-hydroxylation sites is 1. The molecule has 57 heavy (non-hydrogen) atoms. The van der Waals surface area contributed by atoms with Gasteiger partial charge in [-0.1, -0.05) is 158 Å². The summed E-state index contributed by atoms with van der Waals surface area (Å²) in [5.74, 6) is 0. The Kier molecular flexibility index (Phi) is 7.00. The number of rotatable bonds is 4. The molecule has 0 N–H and O–H groups in total. The molecular formula is C55H36N2. The highest BCUT2D eigenvalue weighted by Gasteiger charge is 2.51. The van der Waals surface area contributed by atoms with Crippen molar-refractivity contribution in [3.05, 3.63) is 222 Å². The maximum Gasteiger partial charge on any atom is 0.0858 e. The normalized spacial score (nSPS) is 14.4. The van der Waals surface area contributed by atoms with Crippen LogP contribution in [0.15, 0.2) is 199 Å². The van der Waals surface area contributed by atoms with Gasteiger partial charge in [-0.3, -0.25) is 4.99 Å². The molecule has 9 aromatic rings. The maximum atomic E-state index is 5.00. The van der Waals surface area contributed by atoms with E-state index in [-0.39, 0.29) is 5.41 Å². The van der Waals surface area contributed by atoms with Gasteiger partial charge in [-0.15, -0.1) is 0 Å². The van der Waals surface area contributed by atoms with Gasteiger partial charge in [-0.25, -0.2) is 4.98 Å². The first kappa shape index (κ1) is 32.1. The summed E-state index contributed by atoms with van der Waals surface area (Å²) in [4.78, 5) is 9.66. The van der Waals surface area contributed by atoms with E-state index in [4.69, 9.17) is 4.98 Å². The van der Waals surface area contributed by atoms with Crippen LogP contribution in [-0.2, 0) is 5.41 Å². The number of allylic oxidation sites excluding steroid dienone is 1. The van der Waals surface area contributed by atoms with E-state index in [0.29, 0.717) is 0 Å². The monoisotopic (exact) mass is 724 g/mol. The highest BCUT2D eigenvalue weighted by molar-refractivity contribution is 6.05. The summed E-state index contributed by atoms with van der Waals surface area (Å²) in [5.41, 5.74) is 20.7. The van der Waals surface area contributed by atoms with Crippen molar-refractivity contribution in [2.45, 2.75) is 18.3 Å². The van der Waals surface area contributed by atoms with E-state index in [9.17, 15) is 0 Å². The predicted octanol–water partition coefficient (Wildman–Crippen LogP) is 13.8. The molecule has 8 aromatic carbocycles. The average molecular weight is 725 g/mol. The second-order valence-electron chi connectivity index (χ2n) is 15.6. The number of aliphatic imine (C=N–C) groups is 1. The predicted molar refractivity (Wildman–Crippen MR) is 237 cm³/mol. The molecule has 2 heterocycles. The van der Waals surface area contributed by atoms with E-state index in [0.717, 1.165) is 35.2 Å². The third kappa shape index (κ3) is 4.77. The molecule has 0 radical (unpaired) electrons. The lowest BCUT2D eigenvalue weighted by atomic mass is 9.70. The molecule has 0 fully saturated rings. The summed E-state index contributed by atoms with van der Waals surface area (Å²) < 4.78 is 0. The lowest BCUT2D eigenvalue weighted by molar-refractivity contribution is 0.794. The molecule has 2 heteroatoms. The van der Waals surface area contributed by atoms with Crippen molar-refractivity contribution >= 4 is 27.4 Å². The molecule has 0 bridgehead atoms. The summed E-state index contributed by atoms with van der Waals surface area (Å²) >= 11 is 0. The molecule has 0 amide bonds. The molecule has 0 unspecified atom stereocenters. The minimum atomic E-state index is -0.342. The topological polar surface area (TPSA) is 25.2 Å². The van der Waals surface area contributed by atoms with Crippen LogP contribution in [0.4, 0.5) is 0 Å². The van der Waals surface area contributed by atoms with E-state index in [1.54, 1.807) is 0 Å². The fourth-order valence-corrected chi connectivity index (χ4v) is 9.98. The van der Waals surface area contributed by atoms with E-state index in [1.165, 1.54) is 88.7 Å². The van der Waals surface area contributed by atoms with Crippen LogP contribution in [0.1, 0.15) is 40.8 Å². The quantitative estimate of drug-likeness (QED) is 0.177. The van der Waals surface area contributed by atoms with Gasteiger partial charge in [0.25, 0.3) is 0 Å². The third-order valence-electron chi connectivity index (χ3n) is 12.6. The van der Waals surface area contributed by atoms with Crippen LogP contribution in [0, 0.1) is 0 Å². The van der Waals surface area contributed by atoms with Crippen molar-refractivity contribution in [1.82, 2.24) is 4.98 Å². The zero-order valence-electron chi connectivity index (χ0n) is 31.3. The van der Waals surface area contributed by atoms with Crippen molar-refractivity contribution in [3.63, 3.8) is 0 Å². The van der Waals surface area contributed by atoms with Crippen molar-refractivity contribution in [2.24, 2.45) is 4.99 Å². The summed E-state index contributed by atoms with van der Waals surface area (Å²) in [7, 11) is 0. The lowest BCUT2D eigenvalue weighted by Crippen LogP contribution is -2.25. The SMILES string of the molecule is C1=CN=C(c2cc(-c3ccc(-c4ccc5cc(-c6ccc7c(c6)C6(c8ccccc8-c8ccccc86)c6ccccc6-7)ccc5c4)cc3)c3ccccc3n2)CC1. The van der Waals surface area contributed by atoms with Gasteiger partial charge in [-0.2, -0.15) is 0 Å². The van der Waals surface area contributed by atoms with Gasteiger partial charge in [-0.05, 0) is 132 Å². The molecule has 0 saturated carbocycles. The fourth-order valence-electron chi connectivity index (χ4n) is 9.98. The van der Waals surface area contributed by atoms with Crippen molar-refractivity contribution in [1.29, 1.82) is 0 Å². The van der Waals surface area contributed by atoms with Gasteiger partial charge < -0.3 is 0 Å². The summed E-state index contributed by atoms with van der Waals surface area (Å²) in [5, 5.41) is 3.62. The fraction of sp³-hybridized carbons (Fsp3) is 0.0545. The second kappa shape index (κ2) is 12.4. The Morgan fingerprint density at radius 2 is 0.930 bits per heavy atom. The summed E-state index contributed by atoms with van der Waals surface area (Å²) in [6.45, 7) is 0. The van der Waals surface area contributed by atoms with Gasteiger partial charge in [0.2, 0.25) is 0 Å². The Hall–Kier alpha value is -7.16. The van der Waals surface area contributed by atoms with Crippen LogP contribution in [0.5, 0.6) is 0 Å². The van der Waals surface area contributed by atoms with Crippen molar-refractivity contribution in [3.8, 4) is 55.6 Å².